The van der Waals surface area contributed by atoms with E-state index in [2.05, 4.69) is 5.16 Å². The molecule has 92 valence electrons. The maximum absolute atomic E-state index is 9.07. The van der Waals surface area contributed by atoms with Gasteiger partial charge in [0.05, 0.1) is 19.9 Å². The summed E-state index contributed by atoms with van der Waals surface area (Å²) in [5, 5.41) is 12.5. The number of nitrogens with zero attached hydrogens (tertiary/aromatic N) is 1. The minimum absolute atomic E-state index is 0.675. The fraction of sp³-hybridized carbons (Fsp3) is 0.462. The molecule has 0 amide bonds. The maximum Gasteiger partial charge on any atom is 0.161 e. The normalized spacial score (nSPS) is 17.4. The van der Waals surface area contributed by atoms with E-state index in [1.807, 2.05) is 12.1 Å². The molecule has 4 nitrogen and oxygen atoms in total. The Morgan fingerprint density at radius 3 is 2.35 bits per heavy atom. The van der Waals surface area contributed by atoms with Crippen molar-refractivity contribution in [2.24, 2.45) is 5.16 Å². The highest BCUT2D eigenvalue weighted by Crippen LogP contribution is 2.33. The summed E-state index contributed by atoms with van der Waals surface area (Å²) in [7, 11) is 3.23. The molecule has 1 aliphatic carbocycles. The van der Waals surface area contributed by atoms with Gasteiger partial charge in [-0.3, -0.25) is 0 Å². The van der Waals surface area contributed by atoms with E-state index in [9.17, 15) is 0 Å². The molecule has 1 aromatic rings. The first kappa shape index (κ1) is 11.8. The van der Waals surface area contributed by atoms with Crippen LogP contribution in [0.3, 0.4) is 0 Å². The van der Waals surface area contributed by atoms with Crippen LogP contribution in [-0.2, 0) is 6.42 Å². The van der Waals surface area contributed by atoms with Crippen LogP contribution in [0.15, 0.2) is 17.3 Å². The van der Waals surface area contributed by atoms with Crippen LogP contribution >= 0.6 is 0 Å². The quantitative estimate of drug-likeness (QED) is 0.487. The number of fused-ring (bicyclic) bond motifs is 1. The van der Waals surface area contributed by atoms with Crippen molar-refractivity contribution in [3.8, 4) is 11.5 Å². The zero-order valence-electron chi connectivity index (χ0n) is 10.2. The van der Waals surface area contributed by atoms with Gasteiger partial charge in [0.15, 0.2) is 11.5 Å². The van der Waals surface area contributed by atoms with Crippen molar-refractivity contribution in [3.05, 3.63) is 23.3 Å². The van der Waals surface area contributed by atoms with E-state index in [1.54, 1.807) is 14.2 Å². The summed E-state index contributed by atoms with van der Waals surface area (Å²) in [5.41, 5.74) is 2.87. The highest BCUT2D eigenvalue weighted by atomic mass is 16.5. The third-order valence-corrected chi connectivity index (χ3v) is 3.15. The summed E-state index contributed by atoms with van der Waals surface area (Å²) in [5.74, 6) is 1.40. The van der Waals surface area contributed by atoms with Gasteiger partial charge in [-0.1, -0.05) is 5.16 Å². The highest BCUT2D eigenvalue weighted by molar-refractivity contribution is 6.02. The molecular formula is C13H17NO3. The summed E-state index contributed by atoms with van der Waals surface area (Å²) < 4.78 is 10.6. The summed E-state index contributed by atoms with van der Waals surface area (Å²) in [6.45, 7) is 0. The van der Waals surface area contributed by atoms with E-state index in [0.717, 1.165) is 48.3 Å². The van der Waals surface area contributed by atoms with Gasteiger partial charge in [0, 0.05) is 5.56 Å². The summed E-state index contributed by atoms with van der Waals surface area (Å²) in [4.78, 5) is 0. The van der Waals surface area contributed by atoms with E-state index in [4.69, 9.17) is 14.7 Å². The van der Waals surface area contributed by atoms with Crippen LogP contribution in [0, 0.1) is 0 Å². The van der Waals surface area contributed by atoms with Gasteiger partial charge in [-0.25, -0.2) is 0 Å². The highest BCUT2D eigenvalue weighted by Gasteiger charge is 2.18. The molecule has 0 bridgehead atoms. The van der Waals surface area contributed by atoms with Crippen LogP contribution in [0.25, 0.3) is 0 Å². The third-order valence-electron chi connectivity index (χ3n) is 3.15. The Morgan fingerprint density at radius 2 is 1.71 bits per heavy atom. The largest absolute Gasteiger partial charge is 0.493 e. The number of methoxy groups -OCH3 is 2. The van der Waals surface area contributed by atoms with Gasteiger partial charge in [0.1, 0.15) is 0 Å². The molecule has 0 heterocycles. The Morgan fingerprint density at radius 1 is 1.06 bits per heavy atom. The van der Waals surface area contributed by atoms with Crippen LogP contribution in [-0.4, -0.2) is 25.1 Å². The molecule has 1 N–H and O–H groups in total. The third kappa shape index (κ3) is 2.20. The smallest absolute Gasteiger partial charge is 0.161 e. The molecule has 0 fully saturated rings. The minimum atomic E-state index is 0.675. The monoisotopic (exact) mass is 235 g/mol. The fourth-order valence-electron chi connectivity index (χ4n) is 2.24. The zero-order chi connectivity index (χ0) is 12.3. The SMILES string of the molecule is COc1cc2c(cc1OC)/C(=N\O)CCCC2. The number of hydrogen-bond acceptors (Lipinski definition) is 4. The lowest BCUT2D eigenvalue weighted by Crippen LogP contribution is -2.04. The predicted molar refractivity (Wildman–Crippen MR) is 65.4 cm³/mol. The van der Waals surface area contributed by atoms with E-state index >= 15 is 0 Å². The second kappa shape index (κ2) is 5.08. The lowest BCUT2D eigenvalue weighted by molar-refractivity contribution is 0.318. The summed E-state index contributed by atoms with van der Waals surface area (Å²) in [6.07, 6.45) is 3.92. The average molecular weight is 235 g/mol. The number of hydrogen-bond donors (Lipinski definition) is 1. The number of ether oxygens (including phenoxy) is 2. The second-order valence-electron chi connectivity index (χ2n) is 4.12. The van der Waals surface area contributed by atoms with Crippen LogP contribution in [0.4, 0.5) is 0 Å². The lowest BCUT2D eigenvalue weighted by atomic mass is 10.0. The van der Waals surface area contributed by atoms with E-state index in [1.165, 1.54) is 0 Å². The predicted octanol–water partition coefficient (Wildman–Crippen LogP) is 2.61. The standard InChI is InChI=1S/C13H17NO3/c1-16-12-7-9-5-3-4-6-11(14-15)10(9)8-13(12)17-2/h7-8,15H,3-6H2,1-2H3/b14-11-. The zero-order valence-corrected chi connectivity index (χ0v) is 10.2. The Hall–Kier alpha value is -1.71. The van der Waals surface area contributed by atoms with Crippen LogP contribution in [0.1, 0.15) is 30.4 Å². The van der Waals surface area contributed by atoms with Gasteiger partial charge in [0.25, 0.3) is 0 Å². The number of oxime groups is 1. The Balaban J connectivity index is 2.55. The van der Waals surface area contributed by atoms with Crippen molar-refractivity contribution in [2.45, 2.75) is 25.7 Å². The average Bonchev–Trinajstić information content (AvgIpc) is 2.58. The number of rotatable bonds is 2. The minimum Gasteiger partial charge on any atom is -0.493 e. The van der Waals surface area contributed by atoms with Gasteiger partial charge in [-0.15, -0.1) is 0 Å². The molecule has 0 aliphatic heterocycles. The van der Waals surface area contributed by atoms with Crippen molar-refractivity contribution in [3.63, 3.8) is 0 Å². The molecular weight excluding hydrogens is 218 g/mol. The molecule has 1 aliphatic rings. The van der Waals surface area contributed by atoms with Crippen molar-refractivity contribution in [2.75, 3.05) is 14.2 Å². The molecule has 4 heteroatoms. The van der Waals surface area contributed by atoms with Gasteiger partial charge < -0.3 is 14.7 Å². The summed E-state index contributed by atoms with van der Waals surface area (Å²) in [6, 6.07) is 3.87. The first-order valence-corrected chi connectivity index (χ1v) is 5.76. The summed E-state index contributed by atoms with van der Waals surface area (Å²) >= 11 is 0. The van der Waals surface area contributed by atoms with Gasteiger partial charge in [-0.05, 0) is 43.4 Å². The first-order valence-electron chi connectivity index (χ1n) is 5.76. The van der Waals surface area contributed by atoms with E-state index in [-0.39, 0.29) is 0 Å². The molecule has 0 aromatic heterocycles. The van der Waals surface area contributed by atoms with E-state index < -0.39 is 0 Å². The van der Waals surface area contributed by atoms with Crippen molar-refractivity contribution < 1.29 is 14.7 Å². The molecule has 0 unspecified atom stereocenters. The topological polar surface area (TPSA) is 51.0 Å². The first-order chi connectivity index (χ1) is 8.30. The molecule has 2 rings (SSSR count). The molecule has 0 spiro atoms. The van der Waals surface area contributed by atoms with Crippen LogP contribution in [0.2, 0.25) is 0 Å². The number of aryl methyl sites for hydroxylation is 1. The number of benzene rings is 1. The molecule has 0 atom stereocenters. The second-order valence-corrected chi connectivity index (χ2v) is 4.12. The Labute approximate surface area is 101 Å². The fourth-order valence-corrected chi connectivity index (χ4v) is 2.24. The Bertz CT molecular complexity index is 441. The van der Waals surface area contributed by atoms with Crippen molar-refractivity contribution in [1.29, 1.82) is 0 Å². The van der Waals surface area contributed by atoms with Gasteiger partial charge >= 0.3 is 0 Å². The van der Waals surface area contributed by atoms with Crippen LogP contribution < -0.4 is 9.47 Å². The van der Waals surface area contributed by atoms with Gasteiger partial charge in [0.2, 0.25) is 0 Å². The van der Waals surface area contributed by atoms with Crippen LogP contribution in [0.5, 0.6) is 11.5 Å². The molecule has 1 aromatic carbocycles. The molecule has 0 saturated heterocycles. The van der Waals surface area contributed by atoms with Crippen molar-refractivity contribution in [1.82, 2.24) is 0 Å². The van der Waals surface area contributed by atoms with E-state index in [0.29, 0.717) is 5.75 Å². The molecule has 17 heavy (non-hydrogen) atoms. The molecule has 0 radical (unpaired) electrons. The maximum atomic E-state index is 9.07. The van der Waals surface area contributed by atoms with Crippen molar-refractivity contribution >= 4 is 5.71 Å². The lowest BCUT2D eigenvalue weighted by Gasteiger charge is -2.13. The molecule has 0 saturated carbocycles. The van der Waals surface area contributed by atoms with Gasteiger partial charge in [-0.2, -0.15) is 0 Å². The Kier molecular flexibility index (Phi) is 3.52.